The number of likely N-dealkylation sites (N-methyl/N-ethyl adjacent to an activating group) is 1. The normalized spacial score (nSPS) is 9.71. The van der Waals surface area contributed by atoms with Gasteiger partial charge in [0.05, 0.1) is 11.6 Å². The van der Waals surface area contributed by atoms with Crippen LogP contribution in [-0.2, 0) is 4.79 Å². The van der Waals surface area contributed by atoms with Crippen molar-refractivity contribution in [3.8, 4) is 6.07 Å². The van der Waals surface area contributed by atoms with E-state index in [2.05, 4.69) is 10.3 Å². The molecule has 90 valence electrons. The lowest BCUT2D eigenvalue weighted by Crippen LogP contribution is -2.28. The second-order valence-electron chi connectivity index (χ2n) is 2.84. The molecule has 0 aromatic heterocycles. The molecule has 0 saturated carbocycles. The molecule has 0 saturated heterocycles. The van der Waals surface area contributed by atoms with Gasteiger partial charge in [-0.15, -0.1) is 0 Å². The number of hydrogen-bond acceptors (Lipinski definition) is 3. The Morgan fingerprint density at radius 1 is 1.29 bits per heavy atom. The summed E-state index contributed by atoms with van der Waals surface area (Å²) in [5, 5.41) is 11.1. The first kappa shape index (κ1) is 14.8. The zero-order valence-corrected chi connectivity index (χ0v) is 10.6. The molecule has 0 atom stereocenters. The average Bonchev–Trinajstić information content (AvgIpc) is 2.42. The van der Waals surface area contributed by atoms with Crippen LogP contribution in [0.25, 0.3) is 0 Å². The fraction of sp³-hybridized carbons (Fsp3) is 0.308. The Labute approximate surface area is 102 Å². The van der Waals surface area contributed by atoms with Crippen molar-refractivity contribution in [2.75, 3.05) is 14.1 Å². The lowest BCUT2D eigenvalue weighted by atomic mass is 10.1. The zero-order valence-electron chi connectivity index (χ0n) is 10.6. The number of nitrogens with zero attached hydrogens (tertiary/aromatic N) is 2. The maximum atomic E-state index is 11.4. The molecule has 1 aromatic carbocycles. The molecule has 0 radical (unpaired) electrons. The standard InChI is InChI=1S/C11H11N3O.C2H6/c1-13-10(11(15)14-2)9-5-3-8(7-12)4-6-9;1-2/h3-6H,1-2H3,(H,14,15);1-2H3. The maximum Gasteiger partial charge on any atom is 0.269 e. The predicted octanol–water partition coefficient (Wildman–Crippen LogP) is 1.75. The average molecular weight is 231 g/mol. The third-order valence-corrected chi connectivity index (χ3v) is 1.95. The molecule has 4 heteroatoms. The molecule has 1 aromatic rings. The zero-order chi connectivity index (χ0) is 13.3. The third-order valence-electron chi connectivity index (χ3n) is 1.95. The number of nitriles is 1. The molecule has 0 fully saturated rings. The number of benzene rings is 1. The summed E-state index contributed by atoms with van der Waals surface area (Å²) in [6.07, 6.45) is 0. The van der Waals surface area contributed by atoms with E-state index in [4.69, 9.17) is 5.26 Å². The molecule has 0 bridgehead atoms. The van der Waals surface area contributed by atoms with E-state index in [1.54, 1.807) is 38.4 Å². The topological polar surface area (TPSA) is 65.2 Å². The first-order chi connectivity index (χ1) is 8.22. The summed E-state index contributed by atoms with van der Waals surface area (Å²) in [5.74, 6) is -0.234. The van der Waals surface area contributed by atoms with Gasteiger partial charge in [0.1, 0.15) is 5.71 Å². The predicted molar refractivity (Wildman–Crippen MR) is 69.0 cm³/mol. The number of hydrogen-bond donors (Lipinski definition) is 1. The largest absolute Gasteiger partial charge is 0.354 e. The molecular weight excluding hydrogens is 214 g/mol. The highest BCUT2D eigenvalue weighted by Gasteiger charge is 2.10. The number of rotatable bonds is 2. The molecule has 4 nitrogen and oxygen atoms in total. The van der Waals surface area contributed by atoms with Crippen LogP contribution >= 0.6 is 0 Å². The summed E-state index contributed by atoms with van der Waals surface area (Å²) in [7, 11) is 3.11. The molecule has 0 heterocycles. The molecule has 17 heavy (non-hydrogen) atoms. The Hall–Kier alpha value is -2.15. The van der Waals surface area contributed by atoms with Crippen molar-refractivity contribution in [1.29, 1.82) is 5.26 Å². The van der Waals surface area contributed by atoms with E-state index < -0.39 is 0 Å². The van der Waals surface area contributed by atoms with Crippen LogP contribution in [0.4, 0.5) is 0 Å². The van der Waals surface area contributed by atoms with Crippen LogP contribution in [0, 0.1) is 11.3 Å². The van der Waals surface area contributed by atoms with Gasteiger partial charge in [0.25, 0.3) is 5.91 Å². The second kappa shape index (κ2) is 8.05. The molecule has 0 spiro atoms. The highest BCUT2D eigenvalue weighted by atomic mass is 16.1. The van der Waals surface area contributed by atoms with Crippen molar-refractivity contribution in [3.05, 3.63) is 35.4 Å². The molecule has 1 N–H and O–H groups in total. The minimum atomic E-state index is -0.234. The van der Waals surface area contributed by atoms with E-state index in [-0.39, 0.29) is 5.91 Å². The van der Waals surface area contributed by atoms with Crippen LogP contribution in [0.1, 0.15) is 25.0 Å². The Bertz CT molecular complexity index is 427. The molecule has 1 amide bonds. The van der Waals surface area contributed by atoms with Crippen molar-refractivity contribution >= 4 is 11.6 Å². The highest BCUT2D eigenvalue weighted by Crippen LogP contribution is 2.05. The fourth-order valence-electron chi connectivity index (χ4n) is 1.18. The van der Waals surface area contributed by atoms with Gasteiger partial charge in [-0.1, -0.05) is 26.0 Å². The lowest BCUT2D eigenvalue weighted by Gasteiger charge is -2.03. The van der Waals surface area contributed by atoms with Crippen molar-refractivity contribution < 1.29 is 4.79 Å². The number of aliphatic imine (C=N–C) groups is 1. The van der Waals surface area contributed by atoms with Crippen LogP contribution in [0.5, 0.6) is 0 Å². The summed E-state index contributed by atoms with van der Waals surface area (Å²) in [6.45, 7) is 4.00. The third kappa shape index (κ3) is 4.07. The van der Waals surface area contributed by atoms with Gasteiger partial charge in [0.15, 0.2) is 0 Å². The molecular formula is C13H17N3O. The van der Waals surface area contributed by atoms with Gasteiger partial charge in [-0.3, -0.25) is 9.79 Å². The van der Waals surface area contributed by atoms with Crippen LogP contribution in [0.3, 0.4) is 0 Å². The Balaban J connectivity index is 0.00000121. The van der Waals surface area contributed by atoms with E-state index in [0.717, 1.165) is 0 Å². The first-order valence-electron chi connectivity index (χ1n) is 5.42. The van der Waals surface area contributed by atoms with Gasteiger partial charge in [-0.2, -0.15) is 5.26 Å². The quantitative estimate of drug-likeness (QED) is 0.788. The fourth-order valence-corrected chi connectivity index (χ4v) is 1.18. The Morgan fingerprint density at radius 2 is 1.82 bits per heavy atom. The maximum absolute atomic E-state index is 11.4. The second-order valence-corrected chi connectivity index (χ2v) is 2.84. The van der Waals surface area contributed by atoms with E-state index in [0.29, 0.717) is 16.8 Å². The molecule has 0 aliphatic carbocycles. The number of nitrogens with one attached hydrogen (secondary N) is 1. The minimum absolute atomic E-state index is 0.234. The first-order valence-corrected chi connectivity index (χ1v) is 5.42. The van der Waals surface area contributed by atoms with Gasteiger partial charge in [-0.05, 0) is 12.1 Å². The van der Waals surface area contributed by atoms with Crippen molar-refractivity contribution in [1.82, 2.24) is 5.32 Å². The summed E-state index contributed by atoms with van der Waals surface area (Å²) < 4.78 is 0. The van der Waals surface area contributed by atoms with Gasteiger partial charge in [0, 0.05) is 19.7 Å². The monoisotopic (exact) mass is 231 g/mol. The Morgan fingerprint density at radius 3 is 2.18 bits per heavy atom. The summed E-state index contributed by atoms with van der Waals surface area (Å²) in [6, 6.07) is 8.74. The number of amides is 1. The van der Waals surface area contributed by atoms with Crippen LogP contribution < -0.4 is 5.32 Å². The van der Waals surface area contributed by atoms with E-state index in [1.807, 2.05) is 19.9 Å². The van der Waals surface area contributed by atoms with Crippen molar-refractivity contribution in [3.63, 3.8) is 0 Å². The van der Waals surface area contributed by atoms with Gasteiger partial charge >= 0.3 is 0 Å². The van der Waals surface area contributed by atoms with Crippen molar-refractivity contribution in [2.45, 2.75) is 13.8 Å². The molecule has 0 unspecified atom stereocenters. The summed E-state index contributed by atoms with van der Waals surface area (Å²) in [5.41, 5.74) is 1.63. The smallest absolute Gasteiger partial charge is 0.269 e. The highest BCUT2D eigenvalue weighted by molar-refractivity contribution is 6.45. The lowest BCUT2D eigenvalue weighted by molar-refractivity contribution is -0.114. The van der Waals surface area contributed by atoms with Crippen LogP contribution in [-0.4, -0.2) is 25.7 Å². The van der Waals surface area contributed by atoms with E-state index in [1.165, 1.54) is 0 Å². The van der Waals surface area contributed by atoms with Gasteiger partial charge < -0.3 is 5.32 Å². The van der Waals surface area contributed by atoms with Crippen LogP contribution in [0.15, 0.2) is 29.3 Å². The van der Waals surface area contributed by atoms with Crippen molar-refractivity contribution in [2.24, 2.45) is 4.99 Å². The van der Waals surface area contributed by atoms with Gasteiger partial charge in [0.2, 0.25) is 0 Å². The molecule has 0 aliphatic heterocycles. The minimum Gasteiger partial charge on any atom is -0.354 e. The van der Waals surface area contributed by atoms with Gasteiger partial charge in [-0.25, -0.2) is 0 Å². The Kier molecular flexibility index (Phi) is 7.04. The van der Waals surface area contributed by atoms with Crippen LogP contribution in [0.2, 0.25) is 0 Å². The van der Waals surface area contributed by atoms with E-state index >= 15 is 0 Å². The van der Waals surface area contributed by atoms with E-state index in [9.17, 15) is 4.79 Å². The number of carbonyl (C=O) groups is 1. The molecule has 1 rings (SSSR count). The summed E-state index contributed by atoms with van der Waals surface area (Å²) in [4.78, 5) is 15.3. The molecule has 0 aliphatic rings. The number of carbonyl (C=O) groups excluding carboxylic acids is 1. The SMILES string of the molecule is CC.CN=C(C(=O)NC)c1ccc(C#N)cc1. The summed E-state index contributed by atoms with van der Waals surface area (Å²) >= 11 is 0.